The van der Waals surface area contributed by atoms with Crippen LogP contribution in [-0.2, 0) is 0 Å². The molecule has 5 heteroatoms. The lowest BCUT2D eigenvalue weighted by Crippen LogP contribution is -2.26. The topological polar surface area (TPSA) is 59.8 Å². The van der Waals surface area contributed by atoms with Gasteiger partial charge in [0, 0.05) is 18.3 Å². The Morgan fingerprint density at radius 1 is 1.00 bits per heavy atom. The van der Waals surface area contributed by atoms with Crippen LogP contribution in [-0.4, -0.2) is 27.2 Å². The van der Waals surface area contributed by atoms with Gasteiger partial charge in [-0.3, -0.25) is 4.79 Å². The molecule has 2 aromatic heterocycles. The quantitative estimate of drug-likeness (QED) is 0.582. The third kappa shape index (κ3) is 3.44. The molecule has 0 aliphatic rings. The van der Waals surface area contributed by atoms with Gasteiger partial charge in [-0.2, -0.15) is 5.10 Å². The van der Waals surface area contributed by atoms with E-state index in [0.717, 1.165) is 23.1 Å². The first kappa shape index (κ1) is 17.0. The fourth-order valence-corrected chi connectivity index (χ4v) is 3.02. The minimum absolute atomic E-state index is 0.151. The van der Waals surface area contributed by atoms with Gasteiger partial charge in [0.15, 0.2) is 5.82 Å². The molecule has 5 nitrogen and oxygen atoms in total. The van der Waals surface area contributed by atoms with Gasteiger partial charge in [-0.05, 0) is 41.5 Å². The van der Waals surface area contributed by atoms with Crippen LogP contribution >= 0.6 is 0 Å². The Hall–Kier alpha value is -3.47. The number of benzene rings is 2. The lowest BCUT2D eigenvalue weighted by molar-refractivity contribution is 0.0945. The molecule has 0 bridgehead atoms. The fourth-order valence-electron chi connectivity index (χ4n) is 3.02. The van der Waals surface area contributed by atoms with Gasteiger partial charge in [-0.1, -0.05) is 49.4 Å². The standard InChI is InChI=1S/C22H20N4O/c1-2-12-24-22(27)20-15-19(25-26(20)21-9-5-6-13-23-21)18-11-10-16-7-3-4-8-17(16)14-18/h3-11,13-15H,2,12H2,1H3,(H,24,27). The monoisotopic (exact) mass is 356 g/mol. The summed E-state index contributed by atoms with van der Waals surface area (Å²) in [5.41, 5.74) is 2.19. The van der Waals surface area contributed by atoms with Crippen LogP contribution in [0.25, 0.3) is 27.8 Å². The lowest BCUT2D eigenvalue weighted by Gasteiger charge is -2.06. The van der Waals surface area contributed by atoms with Crippen molar-refractivity contribution in [3.05, 3.63) is 78.6 Å². The summed E-state index contributed by atoms with van der Waals surface area (Å²) < 4.78 is 1.61. The molecule has 0 radical (unpaired) electrons. The van der Waals surface area contributed by atoms with Crippen LogP contribution in [0.1, 0.15) is 23.8 Å². The highest BCUT2D eigenvalue weighted by atomic mass is 16.2. The van der Waals surface area contributed by atoms with E-state index in [4.69, 9.17) is 0 Å². The summed E-state index contributed by atoms with van der Waals surface area (Å²) in [7, 11) is 0. The van der Waals surface area contributed by atoms with E-state index in [1.165, 1.54) is 5.39 Å². The van der Waals surface area contributed by atoms with E-state index in [0.29, 0.717) is 18.1 Å². The Labute approximate surface area is 157 Å². The second-order valence-corrected chi connectivity index (χ2v) is 6.33. The van der Waals surface area contributed by atoms with Gasteiger partial charge in [0.25, 0.3) is 5.91 Å². The summed E-state index contributed by atoms with van der Waals surface area (Å²) in [4.78, 5) is 17.0. The number of nitrogens with zero attached hydrogens (tertiary/aromatic N) is 3. The molecule has 0 aliphatic heterocycles. The van der Waals surface area contributed by atoms with E-state index < -0.39 is 0 Å². The van der Waals surface area contributed by atoms with Crippen LogP contribution in [0.15, 0.2) is 72.9 Å². The van der Waals surface area contributed by atoms with Gasteiger partial charge in [-0.15, -0.1) is 0 Å². The van der Waals surface area contributed by atoms with Crippen molar-refractivity contribution >= 4 is 16.7 Å². The predicted octanol–water partition coefficient (Wildman–Crippen LogP) is 4.23. The van der Waals surface area contributed by atoms with Crippen molar-refractivity contribution in [3.63, 3.8) is 0 Å². The molecule has 0 saturated carbocycles. The minimum atomic E-state index is -0.151. The van der Waals surface area contributed by atoms with Crippen molar-refractivity contribution < 1.29 is 4.79 Å². The number of nitrogens with one attached hydrogen (secondary N) is 1. The largest absolute Gasteiger partial charge is 0.351 e. The van der Waals surface area contributed by atoms with Crippen LogP contribution in [0.3, 0.4) is 0 Å². The first-order chi connectivity index (χ1) is 13.3. The number of hydrogen-bond donors (Lipinski definition) is 1. The first-order valence-electron chi connectivity index (χ1n) is 9.05. The maximum atomic E-state index is 12.7. The van der Waals surface area contributed by atoms with Crippen molar-refractivity contribution in [2.75, 3.05) is 6.54 Å². The molecule has 4 rings (SSSR count). The third-order valence-corrected chi connectivity index (χ3v) is 4.39. The first-order valence-corrected chi connectivity index (χ1v) is 9.05. The van der Waals surface area contributed by atoms with Crippen molar-refractivity contribution in [1.29, 1.82) is 0 Å². The summed E-state index contributed by atoms with van der Waals surface area (Å²) in [6.07, 6.45) is 2.57. The van der Waals surface area contributed by atoms with Crippen LogP contribution in [0.5, 0.6) is 0 Å². The maximum absolute atomic E-state index is 12.7. The van der Waals surface area contributed by atoms with E-state index in [2.05, 4.69) is 39.7 Å². The second-order valence-electron chi connectivity index (χ2n) is 6.33. The maximum Gasteiger partial charge on any atom is 0.270 e. The number of rotatable bonds is 5. The number of fused-ring (bicyclic) bond motifs is 1. The molecule has 134 valence electrons. The second kappa shape index (κ2) is 7.41. The van der Waals surface area contributed by atoms with Crippen molar-refractivity contribution in [2.24, 2.45) is 0 Å². The molecular formula is C22H20N4O. The lowest BCUT2D eigenvalue weighted by atomic mass is 10.1. The van der Waals surface area contributed by atoms with Crippen LogP contribution in [0.4, 0.5) is 0 Å². The van der Waals surface area contributed by atoms with Gasteiger partial charge in [0.05, 0.1) is 5.69 Å². The number of aromatic nitrogens is 3. The molecule has 27 heavy (non-hydrogen) atoms. The average Bonchev–Trinajstić information content (AvgIpc) is 3.18. The zero-order valence-corrected chi connectivity index (χ0v) is 15.1. The Morgan fingerprint density at radius 2 is 1.81 bits per heavy atom. The molecule has 0 spiro atoms. The smallest absolute Gasteiger partial charge is 0.270 e. The fraction of sp³-hybridized carbons (Fsp3) is 0.136. The highest BCUT2D eigenvalue weighted by molar-refractivity contribution is 5.95. The van der Waals surface area contributed by atoms with Crippen molar-refractivity contribution in [2.45, 2.75) is 13.3 Å². The highest BCUT2D eigenvalue weighted by Crippen LogP contribution is 2.25. The molecule has 0 saturated heterocycles. The van der Waals surface area contributed by atoms with Gasteiger partial charge >= 0.3 is 0 Å². The normalized spacial score (nSPS) is 10.9. The van der Waals surface area contributed by atoms with E-state index in [-0.39, 0.29) is 5.91 Å². The molecule has 0 fully saturated rings. The van der Waals surface area contributed by atoms with E-state index in [9.17, 15) is 4.79 Å². The molecule has 0 unspecified atom stereocenters. The number of hydrogen-bond acceptors (Lipinski definition) is 3. The molecule has 0 aliphatic carbocycles. The summed E-state index contributed by atoms with van der Waals surface area (Å²) in [6.45, 7) is 2.65. The Morgan fingerprint density at radius 3 is 2.59 bits per heavy atom. The van der Waals surface area contributed by atoms with Gasteiger partial charge in [-0.25, -0.2) is 9.67 Å². The summed E-state index contributed by atoms with van der Waals surface area (Å²) in [5, 5.41) is 9.92. The van der Waals surface area contributed by atoms with Crippen LogP contribution in [0, 0.1) is 0 Å². The molecule has 1 N–H and O–H groups in total. The number of carbonyl (C=O) groups excluding carboxylic acids is 1. The summed E-state index contributed by atoms with van der Waals surface area (Å²) in [5.74, 6) is 0.466. The third-order valence-electron chi connectivity index (χ3n) is 4.39. The number of carbonyl (C=O) groups is 1. The predicted molar refractivity (Wildman–Crippen MR) is 107 cm³/mol. The van der Waals surface area contributed by atoms with Crippen LogP contribution < -0.4 is 5.32 Å². The van der Waals surface area contributed by atoms with Crippen LogP contribution in [0.2, 0.25) is 0 Å². The molecule has 0 atom stereocenters. The molecule has 1 amide bonds. The number of pyridine rings is 1. The minimum Gasteiger partial charge on any atom is -0.351 e. The molecule has 2 aromatic carbocycles. The van der Waals surface area contributed by atoms with Crippen molar-refractivity contribution in [1.82, 2.24) is 20.1 Å². The van der Waals surface area contributed by atoms with E-state index in [1.807, 2.05) is 49.4 Å². The van der Waals surface area contributed by atoms with Gasteiger partial charge < -0.3 is 5.32 Å². The summed E-state index contributed by atoms with van der Waals surface area (Å²) in [6, 6.07) is 21.8. The number of amides is 1. The Balaban J connectivity index is 1.81. The summed E-state index contributed by atoms with van der Waals surface area (Å²) >= 11 is 0. The zero-order chi connectivity index (χ0) is 18.6. The Kier molecular flexibility index (Phi) is 4.66. The molecular weight excluding hydrogens is 336 g/mol. The van der Waals surface area contributed by atoms with Gasteiger partial charge in [0.2, 0.25) is 0 Å². The van der Waals surface area contributed by atoms with Crippen molar-refractivity contribution in [3.8, 4) is 17.1 Å². The Bertz CT molecular complexity index is 1090. The molecule has 4 aromatic rings. The SMILES string of the molecule is CCCNC(=O)c1cc(-c2ccc3ccccc3c2)nn1-c1ccccn1. The van der Waals surface area contributed by atoms with E-state index >= 15 is 0 Å². The average molecular weight is 356 g/mol. The van der Waals surface area contributed by atoms with Gasteiger partial charge in [0.1, 0.15) is 5.69 Å². The van der Waals surface area contributed by atoms with E-state index in [1.54, 1.807) is 10.9 Å². The highest BCUT2D eigenvalue weighted by Gasteiger charge is 2.18. The zero-order valence-electron chi connectivity index (χ0n) is 15.1. The molecule has 2 heterocycles.